The van der Waals surface area contributed by atoms with Crippen molar-refractivity contribution in [3.05, 3.63) is 47.8 Å². The lowest BCUT2D eigenvalue weighted by Crippen LogP contribution is -2.08. The fourth-order valence-electron chi connectivity index (χ4n) is 1.75. The first-order chi connectivity index (χ1) is 8.58. The molecule has 2 aromatic rings. The molecule has 0 radical (unpaired) electrons. The van der Waals surface area contributed by atoms with Gasteiger partial charge in [-0.2, -0.15) is 0 Å². The molecule has 0 fully saturated rings. The normalized spacial score (nSPS) is 10.6. The van der Waals surface area contributed by atoms with Crippen LogP contribution in [0.3, 0.4) is 0 Å². The summed E-state index contributed by atoms with van der Waals surface area (Å²) in [6.07, 6.45) is 4.17. The van der Waals surface area contributed by atoms with Crippen molar-refractivity contribution >= 4 is 11.5 Å². The van der Waals surface area contributed by atoms with E-state index in [-0.39, 0.29) is 11.5 Å². The minimum atomic E-state index is -0.436. The fourth-order valence-corrected chi connectivity index (χ4v) is 1.75. The molecule has 2 rings (SSSR count). The monoisotopic (exact) mass is 247 g/mol. The van der Waals surface area contributed by atoms with Crippen molar-refractivity contribution in [2.75, 3.05) is 5.73 Å². The number of carbonyl (C=O) groups is 1. The van der Waals surface area contributed by atoms with Crippen molar-refractivity contribution in [1.29, 1.82) is 0 Å². The molecule has 0 aliphatic carbocycles. The molecule has 0 aliphatic heterocycles. The molecule has 1 aromatic carbocycles. The molecule has 2 N–H and O–H groups in total. The summed E-state index contributed by atoms with van der Waals surface area (Å²) in [5.74, 6) is -0.0374. The first-order valence-corrected chi connectivity index (χ1v) is 5.62. The van der Waals surface area contributed by atoms with E-state index in [4.69, 9.17) is 5.73 Å². The molecule has 0 amide bonds. The standard InChI is InChI=1S/C13H14FN3O/c1-17-7-6-16-13(17)12(18)5-3-9-2-4-10(14)11(15)8-9/h2,4,6-8H,3,5,15H2,1H3. The molecule has 94 valence electrons. The van der Waals surface area contributed by atoms with E-state index in [2.05, 4.69) is 4.98 Å². The van der Waals surface area contributed by atoms with Gasteiger partial charge in [-0.15, -0.1) is 0 Å². The predicted molar refractivity (Wildman–Crippen MR) is 66.7 cm³/mol. The van der Waals surface area contributed by atoms with E-state index in [1.807, 2.05) is 0 Å². The lowest BCUT2D eigenvalue weighted by atomic mass is 10.1. The highest BCUT2D eigenvalue weighted by atomic mass is 19.1. The molecular weight excluding hydrogens is 233 g/mol. The molecule has 1 heterocycles. The Hall–Kier alpha value is -2.17. The Kier molecular flexibility index (Phi) is 3.41. The molecule has 1 aromatic heterocycles. The molecule has 0 saturated carbocycles. The van der Waals surface area contributed by atoms with Gasteiger partial charge in [0.25, 0.3) is 0 Å². The summed E-state index contributed by atoms with van der Waals surface area (Å²) in [5, 5.41) is 0. The highest BCUT2D eigenvalue weighted by Crippen LogP contribution is 2.14. The number of halogens is 1. The van der Waals surface area contributed by atoms with E-state index in [9.17, 15) is 9.18 Å². The third-order valence-electron chi connectivity index (χ3n) is 2.77. The van der Waals surface area contributed by atoms with E-state index in [0.717, 1.165) is 5.56 Å². The van der Waals surface area contributed by atoms with Gasteiger partial charge >= 0.3 is 0 Å². The number of aryl methyl sites for hydroxylation is 2. The van der Waals surface area contributed by atoms with Crippen molar-refractivity contribution in [3.8, 4) is 0 Å². The molecule has 4 nitrogen and oxygen atoms in total. The number of imidazole rings is 1. The number of rotatable bonds is 4. The molecule has 0 saturated heterocycles. The summed E-state index contributed by atoms with van der Waals surface area (Å²) in [6.45, 7) is 0. The topological polar surface area (TPSA) is 60.9 Å². The predicted octanol–water partition coefficient (Wildman–Crippen LogP) is 1.96. The van der Waals surface area contributed by atoms with Crippen LogP contribution in [0, 0.1) is 5.82 Å². The van der Waals surface area contributed by atoms with Crippen LogP contribution in [0.25, 0.3) is 0 Å². The number of benzene rings is 1. The van der Waals surface area contributed by atoms with Crippen molar-refractivity contribution in [2.24, 2.45) is 7.05 Å². The van der Waals surface area contributed by atoms with Crippen LogP contribution in [0.2, 0.25) is 0 Å². The smallest absolute Gasteiger partial charge is 0.198 e. The Morgan fingerprint density at radius 1 is 1.50 bits per heavy atom. The highest BCUT2D eigenvalue weighted by Gasteiger charge is 2.11. The van der Waals surface area contributed by atoms with Crippen molar-refractivity contribution in [3.63, 3.8) is 0 Å². The van der Waals surface area contributed by atoms with Gasteiger partial charge in [-0.1, -0.05) is 6.07 Å². The first kappa shape index (κ1) is 12.3. The molecule has 0 unspecified atom stereocenters. The van der Waals surface area contributed by atoms with Gasteiger partial charge in [0.15, 0.2) is 11.6 Å². The Labute approximate surface area is 104 Å². The van der Waals surface area contributed by atoms with Crippen LogP contribution in [-0.4, -0.2) is 15.3 Å². The van der Waals surface area contributed by atoms with Gasteiger partial charge in [-0.25, -0.2) is 9.37 Å². The van der Waals surface area contributed by atoms with Crippen LogP contribution >= 0.6 is 0 Å². The second-order valence-corrected chi connectivity index (χ2v) is 4.14. The third kappa shape index (κ3) is 2.56. The largest absolute Gasteiger partial charge is 0.396 e. The second-order valence-electron chi connectivity index (χ2n) is 4.14. The van der Waals surface area contributed by atoms with Gasteiger partial charge in [0.05, 0.1) is 5.69 Å². The zero-order valence-corrected chi connectivity index (χ0v) is 10.1. The molecule has 18 heavy (non-hydrogen) atoms. The van der Waals surface area contributed by atoms with Crippen LogP contribution in [0.1, 0.15) is 22.6 Å². The first-order valence-electron chi connectivity index (χ1n) is 5.62. The Morgan fingerprint density at radius 3 is 2.89 bits per heavy atom. The number of hydrogen-bond acceptors (Lipinski definition) is 3. The van der Waals surface area contributed by atoms with Crippen LogP contribution in [0.4, 0.5) is 10.1 Å². The van der Waals surface area contributed by atoms with Gasteiger partial charge in [0.2, 0.25) is 0 Å². The maximum Gasteiger partial charge on any atom is 0.198 e. The highest BCUT2D eigenvalue weighted by molar-refractivity contribution is 5.92. The van der Waals surface area contributed by atoms with Crippen molar-refractivity contribution in [2.45, 2.75) is 12.8 Å². The molecule has 5 heteroatoms. The van der Waals surface area contributed by atoms with E-state index in [1.165, 1.54) is 6.07 Å². The summed E-state index contributed by atoms with van der Waals surface area (Å²) in [7, 11) is 1.77. The van der Waals surface area contributed by atoms with Gasteiger partial charge in [-0.05, 0) is 24.1 Å². The number of anilines is 1. The average molecular weight is 247 g/mol. The van der Waals surface area contributed by atoms with Crippen LogP contribution in [0.15, 0.2) is 30.6 Å². The summed E-state index contributed by atoms with van der Waals surface area (Å²) < 4.78 is 14.7. The molecule has 0 spiro atoms. The number of hydrogen-bond donors (Lipinski definition) is 1. The molecule has 0 bridgehead atoms. The van der Waals surface area contributed by atoms with Crippen LogP contribution in [-0.2, 0) is 13.5 Å². The number of nitrogen functional groups attached to an aromatic ring is 1. The number of aromatic nitrogens is 2. The van der Waals surface area contributed by atoms with E-state index >= 15 is 0 Å². The zero-order chi connectivity index (χ0) is 13.1. The summed E-state index contributed by atoms with van der Waals surface area (Å²) in [4.78, 5) is 15.9. The van der Waals surface area contributed by atoms with Gasteiger partial charge in [-0.3, -0.25) is 4.79 Å². The maximum absolute atomic E-state index is 13.0. The SMILES string of the molecule is Cn1ccnc1C(=O)CCc1ccc(F)c(N)c1. The van der Waals surface area contributed by atoms with Gasteiger partial charge in [0.1, 0.15) is 5.82 Å². The summed E-state index contributed by atoms with van der Waals surface area (Å²) in [6, 6.07) is 4.51. The Morgan fingerprint density at radius 2 is 2.28 bits per heavy atom. The minimum absolute atomic E-state index is 0.0367. The zero-order valence-electron chi connectivity index (χ0n) is 10.1. The minimum Gasteiger partial charge on any atom is -0.396 e. The third-order valence-corrected chi connectivity index (χ3v) is 2.77. The van der Waals surface area contributed by atoms with Crippen LogP contribution < -0.4 is 5.73 Å². The van der Waals surface area contributed by atoms with E-state index in [1.54, 1.807) is 36.1 Å². The Bertz CT molecular complexity index is 577. The molecular formula is C13H14FN3O. The van der Waals surface area contributed by atoms with Gasteiger partial charge < -0.3 is 10.3 Å². The van der Waals surface area contributed by atoms with E-state index < -0.39 is 5.82 Å². The summed E-state index contributed by atoms with van der Waals surface area (Å²) >= 11 is 0. The maximum atomic E-state index is 13.0. The molecule has 0 atom stereocenters. The summed E-state index contributed by atoms with van der Waals surface area (Å²) in [5.41, 5.74) is 6.42. The fraction of sp³-hybridized carbons (Fsp3) is 0.231. The quantitative estimate of drug-likeness (QED) is 0.663. The van der Waals surface area contributed by atoms with Crippen LogP contribution in [0.5, 0.6) is 0 Å². The number of carbonyl (C=O) groups excluding carboxylic acids is 1. The Balaban J connectivity index is 2.02. The number of nitrogens with zero attached hydrogens (tertiary/aromatic N) is 2. The lowest BCUT2D eigenvalue weighted by Gasteiger charge is -2.03. The lowest BCUT2D eigenvalue weighted by molar-refractivity contribution is 0.0970. The van der Waals surface area contributed by atoms with Crippen molar-refractivity contribution in [1.82, 2.24) is 9.55 Å². The number of nitrogens with two attached hydrogens (primary N) is 1. The van der Waals surface area contributed by atoms with E-state index in [0.29, 0.717) is 18.7 Å². The molecule has 0 aliphatic rings. The average Bonchev–Trinajstić information content (AvgIpc) is 2.77. The number of Topliss-reactive ketones (excluding diaryl/α,β-unsaturated/α-hetero) is 1. The second kappa shape index (κ2) is 5.00. The van der Waals surface area contributed by atoms with Crippen molar-refractivity contribution < 1.29 is 9.18 Å². The number of ketones is 1. The van der Waals surface area contributed by atoms with Gasteiger partial charge in [0, 0.05) is 25.9 Å².